The van der Waals surface area contributed by atoms with Crippen molar-refractivity contribution in [1.29, 1.82) is 0 Å². The van der Waals surface area contributed by atoms with Crippen LogP contribution in [0.1, 0.15) is 30.0 Å². The van der Waals surface area contributed by atoms with Crippen molar-refractivity contribution < 1.29 is 18.3 Å². The standard InChI is InChI=1S/C13H16ClF3N2O/c14-10-5-8(11(18)7-20)9(13(15,16)17)6-12(10)19-3-1-2-4-19/h5-6,11,20H,1-4,7,18H2/t11-/m1/s1. The minimum atomic E-state index is -4.53. The molecule has 3 nitrogen and oxygen atoms in total. The quantitative estimate of drug-likeness (QED) is 0.902. The molecule has 1 aromatic rings. The maximum absolute atomic E-state index is 13.1. The first-order chi connectivity index (χ1) is 9.34. The molecule has 1 heterocycles. The largest absolute Gasteiger partial charge is 0.416 e. The number of rotatable bonds is 3. The molecule has 3 N–H and O–H groups in total. The van der Waals surface area contributed by atoms with Gasteiger partial charge < -0.3 is 15.7 Å². The van der Waals surface area contributed by atoms with Crippen LogP contribution in [-0.4, -0.2) is 24.8 Å². The highest BCUT2D eigenvalue weighted by Gasteiger charge is 2.36. The number of hydrogen-bond donors (Lipinski definition) is 2. The van der Waals surface area contributed by atoms with E-state index in [0.29, 0.717) is 18.8 Å². The summed E-state index contributed by atoms with van der Waals surface area (Å²) in [4.78, 5) is 1.84. The monoisotopic (exact) mass is 308 g/mol. The number of alkyl halides is 3. The normalized spacial score (nSPS) is 17.6. The van der Waals surface area contributed by atoms with E-state index in [1.54, 1.807) is 0 Å². The Labute approximate surface area is 120 Å². The SMILES string of the molecule is N[C@H](CO)c1cc(Cl)c(N2CCCC2)cc1C(F)(F)F. The summed E-state index contributed by atoms with van der Waals surface area (Å²) in [7, 11) is 0. The molecule has 1 atom stereocenters. The van der Waals surface area contributed by atoms with Crippen LogP contribution in [0.5, 0.6) is 0 Å². The Morgan fingerprint density at radius 2 is 1.90 bits per heavy atom. The van der Waals surface area contributed by atoms with Crippen molar-refractivity contribution in [2.24, 2.45) is 5.73 Å². The molecule has 1 aliphatic heterocycles. The molecule has 0 unspecified atom stereocenters. The lowest BCUT2D eigenvalue weighted by molar-refractivity contribution is -0.138. The van der Waals surface area contributed by atoms with Crippen molar-refractivity contribution in [1.82, 2.24) is 0 Å². The lowest BCUT2D eigenvalue weighted by atomic mass is 9.99. The lowest BCUT2D eigenvalue weighted by Crippen LogP contribution is -2.23. The second kappa shape index (κ2) is 5.79. The van der Waals surface area contributed by atoms with E-state index in [0.717, 1.165) is 18.9 Å². The Morgan fingerprint density at radius 1 is 1.30 bits per heavy atom. The molecule has 1 aromatic carbocycles. The molecule has 2 rings (SSSR count). The van der Waals surface area contributed by atoms with Crippen LogP contribution in [0, 0.1) is 0 Å². The summed E-state index contributed by atoms with van der Waals surface area (Å²) < 4.78 is 39.4. The molecule has 0 aliphatic carbocycles. The van der Waals surface area contributed by atoms with Crippen molar-refractivity contribution in [3.05, 3.63) is 28.3 Å². The van der Waals surface area contributed by atoms with E-state index in [-0.39, 0.29) is 10.6 Å². The molecular weight excluding hydrogens is 293 g/mol. The van der Waals surface area contributed by atoms with Crippen LogP contribution in [0.4, 0.5) is 18.9 Å². The number of aliphatic hydroxyl groups excluding tert-OH is 1. The van der Waals surface area contributed by atoms with Gasteiger partial charge in [0.15, 0.2) is 0 Å². The Kier molecular flexibility index (Phi) is 4.46. The van der Waals surface area contributed by atoms with Crippen LogP contribution in [-0.2, 0) is 6.18 Å². The molecule has 7 heteroatoms. The number of anilines is 1. The van der Waals surface area contributed by atoms with Gasteiger partial charge in [-0.05, 0) is 30.5 Å². The molecule has 0 bridgehead atoms. The first kappa shape index (κ1) is 15.4. The van der Waals surface area contributed by atoms with E-state index in [9.17, 15) is 13.2 Å². The molecule has 0 amide bonds. The molecule has 1 aliphatic rings. The van der Waals surface area contributed by atoms with E-state index in [2.05, 4.69) is 0 Å². The highest BCUT2D eigenvalue weighted by molar-refractivity contribution is 6.33. The third kappa shape index (κ3) is 3.02. The van der Waals surface area contributed by atoms with Crippen molar-refractivity contribution in [2.45, 2.75) is 25.1 Å². The molecule has 0 radical (unpaired) electrons. The zero-order chi connectivity index (χ0) is 14.9. The van der Waals surface area contributed by atoms with Crippen molar-refractivity contribution >= 4 is 17.3 Å². The zero-order valence-corrected chi connectivity index (χ0v) is 11.5. The number of halogens is 4. The number of nitrogens with two attached hydrogens (primary N) is 1. The van der Waals surface area contributed by atoms with Crippen LogP contribution < -0.4 is 10.6 Å². The van der Waals surface area contributed by atoms with E-state index in [1.165, 1.54) is 6.07 Å². The fourth-order valence-corrected chi connectivity index (χ4v) is 2.72. The summed E-state index contributed by atoms with van der Waals surface area (Å²) in [5.74, 6) is 0. The number of aliphatic hydroxyl groups is 1. The Bertz CT molecular complexity index is 487. The smallest absolute Gasteiger partial charge is 0.394 e. The van der Waals surface area contributed by atoms with Crippen LogP contribution in [0.3, 0.4) is 0 Å². The van der Waals surface area contributed by atoms with Crippen molar-refractivity contribution in [3.8, 4) is 0 Å². The minimum Gasteiger partial charge on any atom is -0.394 e. The van der Waals surface area contributed by atoms with E-state index >= 15 is 0 Å². The molecule has 1 fully saturated rings. The van der Waals surface area contributed by atoms with Crippen molar-refractivity contribution in [3.63, 3.8) is 0 Å². The van der Waals surface area contributed by atoms with Gasteiger partial charge in [0.05, 0.1) is 28.9 Å². The fraction of sp³-hybridized carbons (Fsp3) is 0.538. The maximum Gasteiger partial charge on any atom is 0.416 e. The van der Waals surface area contributed by atoms with Gasteiger partial charge in [-0.15, -0.1) is 0 Å². The maximum atomic E-state index is 13.1. The van der Waals surface area contributed by atoms with Crippen LogP contribution in [0.25, 0.3) is 0 Å². The number of hydrogen-bond acceptors (Lipinski definition) is 3. The minimum absolute atomic E-state index is 0.173. The third-order valence-corrected chi connectivity index (χ3v) is 3.77. The van der Waals surface area contributed by atoms with Gasteiger partial charge in [0.1, 0.15) is 0 Å². The molecular formula is C13H16ClF3N2O. The van der Waals surface area contributed by atoms with Gasteiger partial charge in [-0.25, -0.2) is 0 Å². The second-order valence-corrected chi connectivity index (χ2v) is 5.28. The average molecular weight is 309 g/mol. The summed E-state index contributed by atoms with van der Waals surface area (Å²) in [6, 6.07) is 1.16. The first-order valence-electron chi connectivity index (χ1n) is 6.36. The van der Waals surface area contributed by atoms with Gasteiger partial charge in [0.25, 0.3) is 0 Å². The van der Waals surface area contributed by atoms with Gasteiger partial charge in [0.2, 0.25) is 0 Å². The number of benzene rings is 1. The van der Waals surface area contributed by atoms with E-state index in [1.807, 2.05) is 4.90 Å². The van der Waals surface area contributed by atoms with Gasteiger partial charge in [-0.3, -0.25) is 0 Å². The van der Waals surface area contributed by atoms with Gasteiger partial charge in [-0.2, -0.15) is 13.2 Å². The fourth-order valence-electron chi connectivity index (χ4n) is 2.43. The van der Waals surface area contributed by atoms with E-state index in [4.69, 9.17) is 22.4 Å². The molecule has 112 valence electrons. The molecule has 1 saturated heterocycles. The van der Waals surface area contributed by atoms with Gasteiger partial charge in [-0.1, -0.05) is 11.6 Å². The Balaban J connectivity index is 2.52. The van der Waals surface area contributed by atoms with Crippen LogP contribution >= 0.6 is 11.6 Å². The van der Waals surface area contributed by atoms with Gasteiger partial charge in [0, 0.05) is 13.1 Å². The Morgan fingerprint density at radius 3 is 2.40 bits per heavy atom. The Hall–Kier alpha value is -0.980. The summed E-state index contributed by atoms with van der Waals surface area (Å²) in [6.45, 7) is 0.827. The topological polar surface area (TPSA) is 49.5 Å². The van der Waals surface area contributed by atoms with E-state index < -0.39 is 24.4 Å². The van der Waals surface area contributed by atoms with Crippen LogP contribution in [0.15, 0.2) is 12.1 Å². The van der Waals surface area contributed by atoms with Crippen LogP contribution in [0.2, 0.25) is 5.02 Å². The summed E-state index contributed by atoms with van der Waals surface area (Å²) in [5, 5.41) is 9.24. The number of nitrogens with zero attached hydrogens (tertiary/aromatic N) is 1. The molecule has 0 aromatic heterocycles. The lowest BCUT2D eigenvalue weighted by Gasteiger charge is -2.24. The predicted octanol–water partition coefficient (Wildman–Crippen LogP) is 2.95. The molecule has 0 saturated carbocycles. The molecule has 20 heavy (non-hydrogen) atoms. The summed E-state index contributed by atoms with van der Waals surface area (Å²) in [6.07, 6.45) is -2.65. The predicted molar refractivity (Wildman–Crippen MR) is 71.9 cm³/mol. The third-order valence-electron chi connectivity index (χ3n) is 3.47. The summed E-state index contributed by atoms with van der Waals surface area (Å²) in [5.41, 5.74) is 4.92. The highest BCUT2D eigenvalue weighted by atomic mass is 35.5. The highest BCUT2D eigenvalue weighted by Crippen LogP contribution is 2.40. The van der Waals surface area contributed by atoms with Crippen molar-refractivity contribution in [2.75, 3.05) is 24.6 Å². The average Bonchev–Trinajstić information content (AvgIpc) is 2.89. The molecule has 0 spiro atoms. The second-order valence-electron chi connectivity index (χ2n) is 4.87. The first-order valence-corrected chi connectivity index (χ1v) is 6.74. The zero-order valence-electron chi connectivity index (χ0n) is 10.8. The van der Waals surface area contributed by atoms with Gasteiger partial charge >= 0.3 is 6.18 Å². The summed E-state index contributed by atoms with van der Waals surface area (Å²) >= 11 is 6.09.